The summed E-state index contributed by atoms with van der Waals surface area (Å²) in [4.78, 5) is 0.283. The molecule has 0 radical (unpaired) electrons. The van der Waals surface area contributed by atoms with Gasteiger partial charge in [0.15, 0.2) is 0 Å². The van der Waals surface area contributed by atoms with Crippen LogP contribution in [0.4, 0.5) is 0 Å². The van der Waals surface area contributed by atoms with Crippen molar-refractivity contribution in [2.75, 3.05) is 26.2 Å². The Morgan fingerprint density at radius 3 is 2.62 bits per heavy atom. The molecule has 21 heavy (non-hydrogen) atoms. The molecule has 0 aromatic heterocycles. The van der Waals surface area contributed by atoms with E-state index in [4.69, 9.17) is 4.74 Å². The van der Waals surface area contributed by atoms with Crippen LogP contribution in [0.1, 0.15) is 20.3 Å². The van der Waals surface area contributed by atoms with Crippen molar-refractivity contribution in [3.05, 3.63) is 24.3 Å². The third-order valence-electron chi connectivity index (χ3n) is 3.44. The molecule has 1 aromatic rings. The average Bonchev–Trinajstić information content (AvgIpc) is 2.97. The molecule has 2 rings (SSSR count). The molecule has 1 atom stereocenters. The molecule has 1 aliphatic rings. The molecular weight excluding hydrogens is 288 g/mol. The van der Waals surface area contributed by atoms with Crippen molar-refractivity contribution >= 4 is 10.0 Å². The fourth-order valence-electron chi connectivity index (χ4n) is 2.18. The number of nitrogens with one attached hydrogen (secondary N) is 2. The molecule has 0 aliphatic carbocycles. The number of ether oxygens (including phenoxy) is 1. The molecule has 1 aromatic carbocycles. The van der Waals surface area contributed by atoms with E-state index in [2.05, 4.69) is 23.9 Å². The molecule has 1 heterocycles. The monoisotopic (exact) mass is 312 g/mol. The average molecular weight is 312 g/mol. The van der Waals surface area contributed by atoms with Gasteiger partial charge in [-0.2, -0.15) is 0 Å². The van der Waals surface area contributed by atoms with Crippen LogP contribution >= 0.6 is 0 Å². The molecule has 1 unspecified atom stereocenters. The second-order valence-corrected chi connectivity index (χ2v) is 7.65. The summed E-state index contributed by atoms with van der Waals surface area (Å²) >= 11 is 0. The standard InChI is InChI=1S/C15H24N2O3S/c1-12(2)11-20-14-3-5-15(6-4-14)21(18,19)17-10-13-7-8-16-9-13/h3-6,12-13,16-17H,7-11H2,1-2H3. The van der Waals surface area contributed by atoms with Gasteiger partial charge in [-0.25, -0.2) is 13.1 Å². The van der Waals surface area contributed by atoms with Gasteiger partial charge in [0.25, 0.3) is 0 Å². The maximum absolute atomic E-state index is 12.2. The molecule has 1 fully saturated rings. The van der Waals surface area contributed by atoms with Gasteiger partial charge in [-0.05, 0) is 55.6 Å². The van der Waals surface area contributed by atoms with Crippen molar-refractivity contribution in [2.24, 2.45) is 11.8 Å². The van der Waals surface area contributed by atoms with E-state index in [0.29, 0.717) is 30.7 Å². The van der Waals surface area contributed by atoms with E-state index in [1.54, 1.807) is 24.3 Å². The van der Waals surface area contributed by atoms with Crippen LogP contribution in [0, 0.1) is 11.8 Å². The van der Waals surface area contributed by atoms with Crippen molar-refractivity contribution in [2.45, 2.75) is 25.2 Å². The lowest BCUT2D eigenvalue weighted by Crippen LogP contribution is -2.30. The minimum atomic E-state index is -3.43. The Labute approximate surface area is 127 Å². The van der Waals surface area contributed by atoms with Gasteiger partial charge in [-0.3, -0.25) is 0 Å². The highest BCUT2D eigenvalue weighted by Gasteiger charge is 2.19. The van der Waals surface area contributed by atoms with Gasteiger partial charge in [-0.1, -0.05) is 13.8 Å². The normalized spacial score (nSPS) is 19.1. The largest absolute Gasteiger partial charge is 0.493 e. The molecule has 118 valence electrons. The van der Waals surface area contributed by atoms with E-state index in [1.165, 1.54) is 0 Å². The first kappa shape index (κ1) is 16.3. The van der Waals surface area contributed by atoms with Gasteiger partial charge in [0.2, 0.25) is 10.0 Å². The first-order chi connectivity index (χ1) is 9.97. The zero-order valence-corrected chi connectivity index (χ0v) is 13.4. The quantitative estimate of drug-likeness (QED) is 0.803. The smallest absolute Gasteiger partial charge is 0.240 e. The molecule has 2 N–H and O–H groups in total. The summed E-state index contributed by atoms with van der Waals surface area (Å²) in [5.41, 5.74) is 0. The number of hydrogen-bond acceptors (Lipinski definition) is 4. The summed E-state index contributed by atoms with van der Waals surface area (Å²) < 4.78 is 32.6. The van der Waals surface area contributed by atoms with Gasteiger partial charge < -0.3 is 10.1 Å². The van der Waals surface area contributed by atoms with Crippen molar-refractivity contribution in [3.8, 4) is 5.75 Å². The van der Waals surface area contributed by atoms with Gasteiger partial charge in [0, 0.05) is 6.54 Å². The molecule has 0 amide bonds. The van der Waals surface area contributed by atoms with Crippen molar-refractivity contribution in [1.82, 2.24) is 10.0 Å². The first-order valence-corrected chi connectivity index (χ1v) is 8.89. The second-order valence-electron chi connectivity index (χ2n) is 5.89. The van der Waals surface area contributed by atoms with Crippen LogP contribution in [-0.2, 0) is 10.0 Å². The highest BCUT2D eigenvalue weighted by molar-refractivity contribution is 7.89. The Balaban J connectivity index is 1.92. The predicted molar refractivity (Wildman–Crippen MR) is 82.9 cm³/mol. The molecular formula is C15H24N2O3S. The lowest BCUT2D eigenvalue weighted by Gasteiger charge is -2.12. The maximum atomic E-state index is 12.2. The Morgan fingerprint density at radius 2 is 2.05 bits per heavy atom. The third-order valence-corrected chi connectivity index (χ3v) is 4.88. The Morgan fingerprint density at radius 1 is 1.33 bits per heavy atom. The van der Waals surface area contributed by atoms with E-state index < -0.39 is 10.0 Å². The summed E-state index contributed by atoms with van der Waals surface area (Å²) in [5.74, 6) is 1.52. The molecule has 1 aliphatic heterocycles. The summed E-state index contributed by atoms with van der Waals surface area (Å²) in [7, 11) is -3.43. The van der Waals surface area contributed by atoms with Gasteiger partial charge in [-0.15, -0.1) is 0 Å². The van der Waals surface area contributed by atoms with E-state index in [9.17, 15) is 8.42 Å². The fourth-order valence-corrected chi connectivity index (χ4v) is 3.29. The third kappa shape index (κ3) is 4.98. The van der Waals surface area contributed by atoms with Crippen molar-refractivity contribution in [1.29, 1.82) is 0 Å². The van der Waals surface area contributed by atoms with Crippen LogP contribution in [0.5, 0.6) is 5.75 Å². The molecule has 6 heteroatoms. The van der Waals surface area contributed by atoms with Crippen molar-refractivity contribution in [3.63, 3.8) is 0 Å². The molecule has 0 spiro atoms. The number of sulfonamides is 1. The van der Waals surface area contributed by atoms with E-state index in [1.807, 2.05) is 0 Å². The SMILES string of the molecule is CC(C)COc1ccc(S(=O)(=O)NCC2CCNC2)cc1. The van der Waals surface area contributed by atoms with E-state index >= 15 is 0 Å². The molecule has 5 nitrogen and oxygen atoms in total. The predicted octanol–water partition coefficient (Wildman–Crippen LogP) is 1.61. The zero-order valence-electron chi connectivity index (χ0n) is 12.6. The Hall–Kier alpha value is -1.11. The summed E-state index contributed by atoms with van der Waals surface area (Å²) in [6, 6.07) is 6.58. The summed E-state index contributed by atoms with van der Waals surface area (Å²) in [6.45, 7) is 7.10. The Kier molecular flexibility index (Phi) is 5.61. The molecule has 1 saturated heterocycles. The number of benzene rings is 1. The van der Waals surface area contributed by atoms with Crippen LogP contribution in [0.3, 0.4) is 0 Å². The van der Waals surface area contributed by atoms with Gasteiger partial charge in [0.1, 0.15) is 5.75 Å². The van der Waals surface area contributed by atoms with E-state index in [0.717, 1.165) is 19.5 Å². The lowest BCUT2D eigenvalue weighted by molar-refractivity contribution is 0.271. The molecule has 0 bridgehead atoms. The van der Waals surface area contributed by atoms with Crippen LogP contribution < -0.4 is 14.8 Å². The van der Waals surface area contributed by atoms with Crippen molar-refractivity contribution < 1.29 is 13.2 Å². The van der Waals surface area contributed by atoms with Crippen LogP contribution in [0.25, 0.3) is 0 Å². The van der Waals surface area contributed by atoms with Gasteiger partial charge in [0.05, 0.1) is 11.5 Å². The minimum Gasteiger partial charge on any atom is -0.493 e. The Bertz CT molecular complexity index is 535. The highest BCUT2D eigenvalue weighted by atomic mass is 32.2. The summed E-state index contributed by atoms with van der Waals surface area (Å²) in [5, 5.41) is 3.23. The first-order valence-electron chi connectivity index (χ1n) is 7.40. The van der Waals surface area contributed by atoms with Crippen LogP contribution in [-0.4, -0.2) is 34.7 Å². The maximum Gasteiger partial charge on any atom is 0.240 e. The summed E-state index contributed by atoms with van der Waals surface area (Å²) in [6.07, 6.45) is 1.02. The van der Waals surface area contributed by atoms with E-state index in [-0.39, 0.29) is 4.90 Å². The highest BCUT2D eigenvalue weighted by Crippen LogP contribution is 2.17. The second kappa shape index (κ2) is 7.24. The number of rotatable bonds is 7. The molecule has 0 saturated carbocycles. The van der Waals surface area contributed by atoms with Crippen LogP contribution in [0.2, 0.25) is 0 Å². The van der Waals surface area contributed by atoms with Gasteiger partial charge >= 0.3 is 0 Å². The zero-order chi connectivity index (χ0) is 15.3. The minimum absolute atomic E-state index is 0.283. The van der Waals surface area contributed by atoms with Crippen LogP contribution in [0.15, 0.2) is 29.2 Å². The fraction of sp³-hybridized carbons (Fsp3) is 0.600. The lowest BCUT2D eigenvalue weighted by atomic mass is 10.1. The number of hydrogen-bond donors (Lipinski definition) is 2. The topological polar surface area (TPSA) is 67.4 Å².